The van der Waals surface area contributed by atoms with Gasteiger partial charge in [-0.3, -0.25) is 0 Å². The molecule has 0 aliphatic carbocycles. The first-order chi connectivity index (χ1) is 11.7. The summed E-state index contributed by atoms with van der Waals surface area (Å²) in [6, 6.07) is 8.56. The van der Waals surface area contributed by atoms with Gasteiger partial charge in [0.05, 0.1) is 6.54 Å². The zero-order chi connectivity index (χ0) is 17.3. The zero-order valence-electron chi connectivity index (χ0n) is 15.6. The van der Waals surface area contributed by atoms with Gasteiger partial charge in [0.25, 0.3) is 0 Å². The molecule has 4 nitrogen and oxygen atoms in total. The van der Waals surface area contributed by atoms with Gasteiger partial charge in [-0.25, -0.2) is 4.99 Å². The Balaban J connectivity index is 0.00000312. The van der Waals surface area contributed by atoms with E-state index in [4.69, 9.17) is 9.73 Å². The van der Waals surface area contributed by atoms with Crippen molar-refractivity contribution in [2.45, 2.75) is 44.4 Å². The van der Waals surface area contributed by atoms with Crippen molar-refractivity contribution in [2.24, 2.45) is 4.99 Å². The first-order valence-electron chi connectivity index (χ1n) is 8.95. The Bertz CT molecular complexity index is 533. The van der Waals surface area contributed by atoms with Crippen LogP contribution in [0.5, 0.6) is 0 Å². The van der Waals surface area contributed by atoms with Crippen LogP contribution in [-0.2, 0) is 17.7 Å². The maximum Gasteiger partial charge on any atom is 0.191 e. The van der Waals surface area contributed by atoms with E-state index in [-0.39, 0.29) is 28.7 Å². The molecule has 25 heavy (non-hydrogen) atoms. The minimum atomic E-state index is 0. The molecular formula is C19H32IN3OS. The van der Waals surface area contributed by atoms with Crippen molar-refractivity contribution in [3.05, 3.63) is 35.4 Å². The molecule has 0 saturated carbocycles. The summed E-state index contributed by atoms with van der Waals surface area (Å²) in [4.78, 5) is 4.80. The lowest BCUT2D eigenvalue weighted by Crippen LogP contribution is -2.47. The van der Waals surface area contributed by atoms with Gasteiger partial charge in [0.2, 0.25) is 0 Å². The molecule has 2 rings (SSSR count). The van der Waals surface area contributed by atoms with E-state index in [9.17, 15) is 0 Å². The number of ether oxygens (including phenoxy) is 1. The molecule has 1 aliphatic heterocycles. The lowest BCUT2D eigenvalue weighted by molar-refractivity contribution is 0.0783. The number of rotatable bonds is 7. The Labute approximate surface area is 174 Å². The molecule has 1 aromatic rings. The quantitative estimate of drug-likeness (QED) is 0.356. The molecule has 0 amide bonds. The van der Waals surface area contributed by atoms with Crippen molar-refractivity contribution in [1.29, 1.82) is 0 Å². The summed E-state index contributed by atoms with van der Waals surface area (Å²) in [5, 5.41) is 6.92. The molecule has 0 unspecified atom stereocenters. The Morgan fingerprint density at radius 3 is 2.44 bits per heavy atom. The minimum absolute atomic E-state index is 0. The van der Waals surface area contributed by atoms with Gasteiger partial charge in [-0.2, -0.15) is 11.8 Å². The fraction of sp³-hybridized carbons (Fsp3) is 0.632. The van der Waals surface area contributed by atoms with Crippen LogP contribution < -0.4 is 10.6 Å². The Kier molecular flexibility index (Phi) is 10.8. The minimum Gasteiger partial charge on any atom is -0.381 e. The number of aliphatic imine (C=N–C) groups is 1. The highest BCUT2D eigenvalue weighted by Gasteiger charge is 2.31. The standard InChI is InChI=1S/C19H31N3OS.HI/c1-4-16-8-6-7-9-17(16)14-21-18(20-5-2)22-15-19(24-3)10-12-23-13-11-19;/h6-9H,4-5,10-15H2,1-3H3,(H2,20,21,22);1H. The highest BCUT2D eigenvalue weighted by Crippen LogP contribution is 2.32. The van der Waals surface area contributed by atoms with E-state index < -0.39 is 0 Å². The highest BCUT2D eigenvalue weighted by molar-refractivity contribution is 14.0. The lowest BCUT2D eigenvalue weighted by Gasteiger charge is -2.36. The monoisotopic (exact) mass is 477 g/mol. The van der Waals surface area contributed by atoms with E-state index in [1.165, 1.54) is 11.1 Å². The van der Waals surface area contributed by atoms with E-state index in [1.807, 2.05) is 11.8 Å². The maximum absolute atomic E-state index is 5.52. The number of halogens is 1. The number of nitrogens with one attached hydrogen (secondary N) is 2. The second-order valence-electron chi connectivity index (χ2n) is 6.17. The molecule has 0 atom stereocenters. The van der Waals surface area contributed by atoms with E-state index in [0.29, 0.717) is 6.54 Å². The molecule has 142 valence electrons. The third-order valence-corrected chi connectivity index (χ3v) is 6.08. The van der Waals surface area contributed by atoms with Gasteiger partial charge in [0, 0.05) is 31.1 Å². The second-order valence-corrected chi connectivity index (χ2v) is 7.44. The topological polar surface area (TPSA) is 45.7 Å². The first kappa shape index (κ1) is 22.6. The van der Waals surface area contributed by atoms with Crippen molar-refractivity contribution in [3.8, 4) is 0 Å². The summed E-state index contributed by atoms with van der Waals surface area (Å²) in [5.41, 5.74) is 2.69. The molecule has 1 fully saturated rings. The van der Waals surface area contributed by atoms with Crippen LogP contribution in [0.4, 0.5) is 0 Å². The van der Waals surface area contributed by atoms with E-state index >= 15 is 0 Å². The Morgan fingerprint density at radius 1 is 1.16 bits per heavy atom. The molecule has 0 radical (unpaired) electrons. The van der Waals surface area contributed by atoms with Crippen molar-refractivity contribution in [1.82, 2.24) is 10.6 Å². The van der Waals surface area contributed by atoms with Gasteiger partial charge in [-0.1, -0.05) is 31.2 Å². The summed E-state index contributed by atoms with van der Waals surface area (Å²) in [6.45, 7) is 8.54. The number of benzene rings is 1. The number of hydrogen-bond donors (Lipinski definition) is 2. The predicted octanol–water partition coefficient (Wildman–Crippen LogP) is 3.83. The maximum atomic E-state index is 5.52. The Hall–Kier alpha value is -0.470. The van der Waals surface area contributed by atoms with Crippen LogP contribution in [0.15, 0.2) is 29.3 Å². The van der Waals surface area contributed by atoms with Crippen LogP contribution in [0, 0.1) is 0 Å². The van der Waals surface area contributed by atoms with Crippen LogP contribution in [0.1, 0.15) is 37.8 Å². The van der Waals surface area contributed by atoms with Gasteiger partial charge in [-0.05, 0) is 43.6 Å². The second kappa shape index (κ2) is 12.0. The average molecular weight is 477 g/mol. The molecule has 1 heterocycles. The normalized spacial score (nSPS) is 16.8. The van der Waals surface area contributed by atoms with Crippen LogP contribution in [0.3, 0.4) is 0 Å². The molecule has 1 aromatic carbocycles. The van der Waals surface area contributed by atoms with E-state index in [1.54, 1.807) is 0 Å². The van der Waals surface area contributed by atoms with Gasteiger partial charge in [-0.15, -0.1) is 24.0 Å². The number of aryl methyl sites for hydroxylation is 1. The average Bonchev–Trinajstić information content (AvgIpc) is 2.65. The zero-order valence-corrected chi connectivity index (χ0v) is 18.8. The lowest BCUT2D eigenvalue weighted by atomic mass is 9.99. The Morgan fingerprint density at radius 2 is 1.84 bits per heavy atom. The van der Waals surface area contributed by atoms with Gasteiger partial charge < -0.3 is 15.4 Å². The smallest absolute Gasteiger partial charge is 0.191 e. The largest absolute Gasteiger partial charge is 0.381 e. The number of hydrogen-bond acceptors (Lipinski definition) is 3. The molecule has 1 saturated heterocycles. The van der Waals surface area contributed by atoms with Crippen LogP contribution in [0.2, 0.25) is 0 Å². The number of guanidine groups is 1. The van der Waals surface area contributed by atoms with Crippen LogP contribution in [-0.4, -0.2) is 43.3 Å². The molecule has 1 aliphatic rings. The van der Waals surface area contributed by atoms with Crippen molar-refractivity contribution in [2.75, 3.05) is 32.6 Å². The summed E-state index contributed by atoms with van der Waals surface area (Å²) < 4.78 is 5.78. The van der Waals surface area contributed by atoms with E-state index in [2.05, 4.69) is 55.0 Å². The fourth-order valence-corrected chi connectivity index (χ4v) is 3.80. The molecule has 0 spiro atoms. The SMILES string of the molecule is CCNC(=NCc1ccccc1CC)NCC1(SC)CCOCC1.I. The number of thioether (sulfide) groups is 1. The molecule has 2 N–H and O–H groups in total. The predicted molar refractivity (Wildman–Crippen MR) is 120 cm³/mol. The molecular weight excluding hydrogens is 445 g/mol. The van der Waals surface area contributed by atoms with Crippen molar-refractivity contribution >= 4 is 41.7 Å². The van der Waals surface area contributed by atoms with Crippen LogP contribution in [0.25, 0.3) is 0 Å². The third-order valence-electron chi connectivity index (χ3n) is 4.67. The summed E-state index contributed by atoms with van der Waals surface area (Å²) >= 11 is 1.95. The number of nitrogens with zero attached hydrogens (tertiary/aromatic N) is 1. The molecule has 0 bridgehead atoms. The van der Waals surface area contributed by atoms with Gasteiger partial charge in [0.15, 0.2) is 5.96 Å². The summed E-state index contributed by atoms with van der Waals surface area (Å²) in [6.07, 6.45) is 5.44. The van der Waals surface area contributed by atoms with Crippen molar-refractivity contribution < 1.29 is 4.74 Å². The molecule has 0 aromatic heterocycles. The summed E-state index contributed by atoms with van der Waals surface area (Å²) in [7, 11) is 0. The van der Waals surface area contributed by atoms with Crippen LogP contribution >= 0.6 is 35.7 Å². The summed E-state index contributed by atoms with van der Waals surface area (Å²) in [5.74, 6) is 0.906. The molecule has 6 heteroatoms. The fourth-order valence-electron chi connectivity index (χ4n) is 3.00. The van der Waals surface area contributed by atoms with Crippen molar-refractivity contribution in [3.63, 3.8) is 0 Å². The first-order valence-corrected chi connectivity index (χ1v) is 10.2. The third kappa shape index (κ3) is 6.98. The van der Waals surface area contributed by atoms with Gasteiger partial charge >= 0.3 is 0 Å². The highest BCUT2D eigenvalue weighted by atomic mass is 127. The van der Waals surface area contributed by atoms with Gasteiger partial charge in [0.1, 0.15) is 0 Å². The van der Waals surface area contributed by atoms with E-state index in [0.717, 1.165) is 51.5 Å².